The van der Waals surface area contributed by atoms with Crippen molar-refractivity contribution in [1.29, 1.82) is 0 Å². The van der Waals surface area contributed by atoms with Crippen molar-refractivity contribution in [2.24, 2.45) is 0 Å². The van der Waals surface area contributed by atoms with Crippen molar-refractivity contribution in [3.05, 3.63) is 45.4 Å². The summed E-state index contributed by atoms with van der Waals surface area (Å²) >= 11 is 9.00. The standard InChI is InChI=1S/C12H9BrClFN2/c1-2-8-6-11(14)17-12(16-8)7-3-4-9(13)10(15)5-7/h3-6H,2H2,1H3. The SMILES string of the molecule is CCc1cc(Cl)nc(-c2ccc(Br)c(F)c2)n1. The van der Waals surface area contributed by atoms with E-state index in [-0.39, 0.29) is 5.82 Å². The molecule has 2 rings (SSSR count). The molecule has 0 radical (unpaired) electrons. The highest BCUT2D eigenvalue weighted by Crippen LogP contribution is 2.23. The van der Waals surface area contributed by atoms with E-state index in [1.807, 2.05) is 6.92 Å². The van der Waals surface area contributed by atoms with Crippen molar-refractivity contribution in [1.82, 2.24) is 9.97 Å². The molecule has 88 valence electrons. The molecule has 2 nitrogen and oxygen atoms in total. The maximum absolute atomic E-state index is 13.4. The number of benzene rings is 1. The largest absolute Gasteiger partial charge is 0.233 e. The van der Waals surface area contributed by atoms with Gasteiger partial charge < -0.3 is 0 Å². The molecule has 0 bridgehead atoms. The van der Waals surface area contributed by atoms with E-state index >= 15 is 0 Å². The average Bonchev–Trinajstić information content (AvgIpc) is 2.32. The zero-order chi connectivity index (χ0) is 12.4. The van der Waals surface area contributed by atoms with Crippen LogP contribution in [-0.2, 0) is 6.42 Å². The molecule has 2 aromatic rings. The Morgan fingerprint density at radius 2 is 2.06 bits per heavy atom. The van der Waals surface area contributed by atoms with Crippen LogP contribution in [0.5, 0.6) is 0 Å². The molecule has 0 saturated carbocycles. The first-order valence-electron chi connectivity index (χ1n) is 5.09. The van der Waals surface area contributed by atoms with E-state index in [0.29, 0.717) is 21.0 Å². The van der Waals surface area contributed by atoms with Gasteiger partial charge in [0, 0.05) is 11.3 Å². The van der Waals surface area contributed by atoms with E-state index in [1.54, 1.807) is 18.2 Å². The van der Waals surface area contributed by atoms with Crippen LogP contribution in [0.1, 0.15) is 12.6 Å². The third-order valence-electron chi connectivity index (χ3n) is 2.29. The second kappa shape index (κ2) is 5.10. The molecule has 1 heterocycles. The number of hydrogen-bond donors (Lipinski definition) is 0. The highest BCUT2D eigenvalue weighted by atomic mass is 79.9. The number of nitrogens with zero attached hydrogens (tertiary/aromatic N) is 2. The molecule has 0 aliphatic rings. The molecule has 0 spiro atoms. The predicted molar refractivity (Wildman–Crippen MR) is 69.5 cm³/mol. The summed E-state index contributed by atoms with van der Waals surface area (Å²) in [6, 6.07) is 6.47. The van der Waals surface area contributed by atoms with E-state index in [9.17, 15) is 4.39 Å². The molecule has 1 aromatic heterocycles. The lowest BCUT2D eigenvalue weighted by atomic mass is 10.2. The first-order chi connectivity index (χ1) is 8.10. The summed E-state index contributed by atoms with van der Waals surface area (Å²) in [6.45, 7) is 1.98. The molecule has 0 aliphatic carbocycles. The summed E-state index contributed by atoms with van der Waals surface area (Å²) < 4.78 is 13.8. The Morgan fingerprint density at radius 3 is 2.71 bits per heavy atom. The summed E-state index contributed by atoms with van der Waals surface area (Å²) in [6.07, 6.45) is 0.758. The van der Waals surface area contributed by atoms with E-state index in [0.717, 1.165) is 12.1 Å². The Kier molecular flexibility index (Phi) is 3.74. The highest BCUT2D eigenvalue weighted by molar-refractivity contribution is 9.10. The van der Waals surface area contributed by atoms with Crippen molar-refractivity contribution < 1.29 is 4.39 Å². The fourth-order valence-electron chi connectivity index (χ4n) is 1.41. The minimum atomic E-state index is -0.343. The third kappa shape index (κ3) is 2.82. The van der Waals surface area contributed by atoms with Crippen LogP contribution in [0.4, 0.5) is 4.39 Å². The summed E-state index contributed by atoms with van der Waals surface area (Å²) in [5.74, 6) is 0.102. The summed E-state index contributed by atoms with van der Waals surface area (Å²) in [5.41, 5.74) is 1.45. The molecule has 0 aliphatic heterocycles. The zero-order valence-electron chi connectivity index (χ0n) is 9.04. The second-order valence-electron chi connectivity index (χ2n) is 3.49. The average molecular weight is 316 g/mol. The fraction of sp³-hybridized carbons (Fsp3) is 0.167. The molecule has 0 N–H and O–H groups in total. The lowest BCUT2D eigenvalue weighted by molar-refractivity contribution is 0.621. The quantitative estimate of drug-likeness (QED) is 0.774. The van der Waals surface area contributed by atoms with Crippen molar-refractivity contribution in [2.75, 3.05) is 0 Å². The molecule has 5 heteroatoms. The highest BCUT2D eigenvalue weighted by Gasteiger charge is 2.07. The van der Waals surface area contributed by atoms with E-state index in [1.165, 1.54) is 6.07 Å². The van der Waals surface area contributed by atoms with Crippen LogP contribution in [0.3, 0.4) is 0 Å². The lowest BCUT2D eigenvalue weighted by Crippen LogP contribution is -1.95. The monoisotopic (exact) mass is 314 g/mol. The maximum atomic E-state index is 13.4. The van der Waals surface area contributed by atoms with Crippen LogP contribution in [0.2, 0.25) is 5.15 Å². The van der Waals surface area contributed by atoms with Crippen molar-refractivity contribution in [2.45, 2.75) is 13.3 Å². The number of hydrogen-bond acceptors (Lipinski definition) is 2. The minimum Gasteiger partial charge on any atom is -0.233 e. The number of halogens is 3. The smallest absolute Gasteiger partial charge is 0.161 e. The van der Waals surface area contributed by atoms with Crippen LogP contribution in [0, 0.1) is 5.82 Å². The molecular formula is C12H9BrClFN2. The van der Waals surface area contributed by atoms with Crippen molar-refractivity contribution in [3.8, 4) is 11.4 Å². The minimum absolute atomic E-state index is 0.343. The molecule has 0 atom stereocenters. The van der Waals surface area contributed by atoms with Gasteiger partial charge in [-0.05, 0) is 46.6 Å². The topological polar surface area (TPSA) is 25.8 Å². The second-order valence-corrected chi connectivity index (χ2v) is 4.73. The zero-order valence-corrected chi connectivity index (χ0v) is 11.4. The van der Waals surface area contributed by atoms with Gasteiger partial charge in [0.05, 0.1) is 4.47 Å². The molecule has 0 fully saturated rings. The Hall–Kier alpha value is -1.00. The molecule has 0 saturated heterocycles. The van der Waals surface area contributed by atoms with Gasteiger partial charge in [0.25, 0.3) is 0 Å². The Bertz CT molecular complexity index is 560. The van der Waals surface area contributed by atoms with E-state index < -0.39 is 0 Å². The van der Waals surface area contributed by atoms with Crippen molar-refractivity contribution in [3.63, 3.8) is 0 Å². The van der Waals surface area contributed by atoms with Gasteiger partial charge in [0.2, 0.25) is 0 Å². The van der Waals surface area contributed by atoms with Gasteiger partial charge in [-0.25, -0.2) is 14.4 Å². The first kappa shape index (κ1) is 12.5. The van der Waals surface area contributed by atoms with Gasteiger partial charge >= 0.3 is 0 Å². The predicted octanol–water partition coefficient (Wildman–Crippen LogP) is 4.26. The van der Waals surface area contributed by atoms with Gasteiger partial charge in [-0.2, -0.15) is 0 Å². The van der Waals surface area contributed by atoms with Gasteiger partial charge in [0.15, 0.2) is 5.82 Å². The number of aromatic nitrogens is 2. The van der Waals surface area contributed by atoms with Crippen molar-refractivity contribution >= 4 is 27.5 Å². The summed E-state index contributed by atoms with van der Waals surface area (Å²) in [4.78, 5) is 8.41. The van der Waals surface area contributed by atoms with E-state index in [2.05, 4.69) is 25.9 Å². The van der Waals surface area contributed by atoms with Crippen LogP contribution >= 0.6 is 27.5 Å². The van der Waals surface area contributed by atoms with Crippen LogP contribution in [0.15, 0.2) is 28.7 Å². The van der Waals surface area contributed by atoms with Gasteiger partial charge in [-0.15, -0.1) is 0 Å². The number of rotatable bonds is 2. The number of aryl methyl sites for hydroxylation is 1. The first-order valence-corrected chi connectivity index (χ1v) is 6.26. The molecule has 1 aromatic carbocycles. The lowest BCUT2D eigenvalue weighted by Gasteiger charge is -2.04. The third-order valence-corrected chi connectivity index (χ3v) is 3.12. The van der Waals surface area contributed by atoms with Crippen LogP contribution in [-0.4, -0.2) is 9.97 Å². The Balaban J connectivity index is 2.52. The molecule has 0 amide bonds. The normalized spacial score (nSPS) is 10.6. The molecule has 17 heavy (non-hydrogen) atoms. The van der Waals surface area contributed by atoms with E-state index in [4.69, 9.17) is 11.6 Å². The van der Waals surface area contributed by atoms with Gasteiger partial charge in [0.1, 0.15) is 11.0 Å². The van der Waals surface area contributed by atoms with Gasteiger partial charge in [-0.1, -0.05) is 18.5 Å². The summed E-state index contributed by atoms with van der Waals surface area (Å²) in [5, 5.41) is 0.371. The van der Waals surface area contributed by atoms with Gasteiger partial charge in [-0.3, -0.25) is 0 Å². The van der Waals surface area contributed by atoms with Crippen LogP contribution in [0.25, 0.3) is 11.4 Å². The molecular weight excluding hydrogens is 307 g/mol. The van der Waals surface area contributed by atoms with Crippen LogP contribution < -0.4 is 0 Å². The maximum Gasteiger partial charge on any atom is 0.161 e. The Morgan fingerprint density at radius 1 is 1.29 bits per heavy atom. The molecule has 0 unspecified atom stereocenters. The summed E-state index contributed by atoms with van der Waals surface area (Å²) in [7, 11) is 0. The fourth-order valence-corrected chi connectivity index (χ4v) is 1.86. The Labute approximate surface area is 112 Å².